The number of nitrogens with zero attached hydrogens (tertiary/aromatic N) is 1. The van der Waals surface area contributed by atoms with E-state index in [4.69, 9.17) is 17.3 Å². The van der Waals surface area contributed by atoms with Gasteiger partial charge in [0.1, 0.15) is 5.82 Å². The summed E-state index contributed by atoms with van der Waals surface area (Å²) >= 11 is 5.90. The van der Waals surface area contributed by atoms with Gasteiger partial charge in [0.15, 0.2) is 0 Å². The Morgan fingerprint density at radius 1 is 1.31 bits per heavy atom. The second-order valence-electron chi connectivity index (χ2n) is 3.03. The molecule has 0 amide bonds. The molecule has 0 spiro atoms. The number of nitrogen functional groups attached to an aromatic ring is 1. The lowest BCUT2D eigenvalue weighted by atomic mass is 10.1. The fourth-order valence-electron chi connectivity index (χ4n) is 1.38. The first-order valence-corrected chi connectivity index (χ1v) is 4.37. The van der Waals surface area contributed by atoms with Crippen molar-refractivity contribution in [2.45, 2.75) is 6.92 Å². The Morgan fingerprint density at radius 2 is 2.08 bits per heavy atom. The Kier molecular flexibility index (Phi) is 1.85. The molecule has 0 atom stereocenters. The van der Waals surface area contributed by atoms with E-state index in [9.17, 15) is 0 Å². The van der Waals surface area contributed by atoms with Crippen LogP contribution in [0.4, 0.5) is 5.82 Å². The zero-order chi connectivity index (χ0) is 9.42. The highest BCUT2D eigenvalue weighted by Crippen LogP contribution is 2.22. The van der Waals surface area contributed by atoms with Crippen LogP contribution >= 0.6 is 11.6 Å². The van der Waals surface area contributed by atoms with Gasteiger partial charge in [-0.2, -0.15) is 0 Å². The molecular formula is C10H9ClN2. The number of hydrogen-bond acceptors (Lipinski definition) is 2. The van der Waals surface area contributed by atoms with Crippen LogP contribution in [0.3, 0.4) is 0 Å². The lowest BCUT2D eigenvalue weighted by molar-refractivity contribution is 1.37. The first kappa shape index (κ1) is 8.32. The summed E-state index contributed by atoms with van der Waals surface area (Å²) < 4.78 is 0. The molecule has 0 bridgehead atoms. The molecular weight excluding hydrogens is 184 g/mol. The summed E-state index contributed by atoms with van der Waals surface area (Å²) in [5.41, 5.74) is 7.56. The van der Waals surface area contributed by atoms with Gasteiger partial charge < -0.3 is 5.73 Å². The zero-order valence-corrected chi connectivity index (χ0v) is 7.97. The number of fused-ring (bicyclic) bond motifs is 1. The molecule has 0 unspecified atom stereocenters. The van der Waals surface area contributed by atoms with E-state index in [1.165, 1.54) is 0 Å². The summed E-state index contributed by atoms with van der Waals surface area (Å²) in [6.45, 7) is 1.97. The number of hydrogen-bond donors (Lipinski definition) is 1. The second kappa shape index (κ2) is 2.89. The maximum absolute atomic E-state index is 5.90. The molecule has 0 saturated carbocycles. The molecule has 3 heteroatoms. The molecule has 0 fully saturated rings. The molecule has 0 aliphatic heterocycles. The van der Waals surface area contributed by atoms with Crippen molar-refractivity contribution in [1.82, 2.24) is 4.98 Å². The van der Waals surface area contributed by atoms with Crippen LogP contribution in [0.1, 0.15) is 5.56 Å². The third-order valence-electron chi connectivity index (χ3n) is 1.97. The number of anilines is 1. The quantitative estimate of drug-likeness (QED) is 0.697. The summed E-state index contributed by atoms with van der Waals surface area (Å²) in [5, 5.41) is 1.76. The highest BCUT2D eigenvalue weighted by molar-refractivity contribution is 6.31. The van der Waals surface area contributed by atoms with Crippen LogP contribution in [0.25, 0.3) is 10.9 Å². The molecule has 0 aliphatic rings. The number of benzene rings is 1. The van der Waals surface area contributed by atoms with Crippen LogP contribution in [0, 0.1) is 6.92 Å². The average Bonchev–Trinajstić information content (AvgIpc) is 2.06. The minimum absolute atomic E-state index is 0.540. The lowest BCUT2D eigenvalue weighted by Gasteiger charge is -2.02. The van der Waals surface area contributed by atoms with Gasteiger partial charge in [0.2, 0.25) is 0 Å². The molecule has 0 aliphatic carbocycles. The molecule has 1 aromatic carbocycles. The number of nitrogens with two attached hydrogens (primary N) is 1. The normalized spacial score (nSPS) is 10.6. The van der Waals surface area contributed by atoms with E-state index in [-0.39, 0.29) is 0 Å². The van der Waals surface area contributed by atoms with Crippen LogP contribution in [-0.4, -0.2) is 4.98 Å². The van der Waals surface area contributed by atoms with Crippen LogP contribution in [-0.2, 0) is 0 Å². The van der Waals surface area contributed by atoms with E-state index in [1.54, 1.807) is 6.07 Å². The molecule has 2 rings (SSSR count). The number of rotatable bonds is 0. The Bertz CT molecular complexity index is 466. The van der Waals surface area contributed by atoms with Gasteiger partial charge in [-0.15, -0.1) is 0 Å². The Hall–Kier alpha value is -1.28. The highest BCUT2D eigenvalue weighted by atomic mass is 35.5. The van der Waals surface area contributed by atoms with Gasteiger partial charge in [-0.3, -0.25) is 0 Å². The van der Waals surface area contributed by atoms with Crippen LogP contribution in [0.2, 0.25) is 5.02 Å². The predicted molar refractivity (Wildman–Crippen MR) is 55.9 cm³/mol. The van der Waals surface area contributed by atoms with Gasteiger partial charge in [-0.25, -0.2) is 4.98 Å². The van der Waals surface area contributed by atoms with E-state index >= 15 is 0 Å². The smallest absolute Gasteiger partial charge is 0.124 e. The third kappa shape index (κ3) is 1.45. The monoisotopic (exact) mass is 192 g/mol. The number of aromatic nitrogens is 1. The van der Waals surface area contributed by atoms with Crippen molar-refractivity contribution in [2.75, 3.05) is 5.73 Å². The first-order chi connectivity index (χ1) is 6.16. The maximum Gasteiger partial charge on any atom is 0.124 e. The van der Waals surface area contributed by atoms with E-state index in [0.717, 1.165) is 21.5 Å². The summed E-state index contributed by atoms with van der Waals surface area (Å²) in [5.74, 6) is 0.540. The van der Waals surface area contributed by atoms with Gasteiger partial charge in [0.25, 0.3) is 0 Å². The average molecular weight is 193 g/mol. The minimum atomic E-state index is 0.540. The zero-order valence-electron chi connectivity index (χ0n) is 7.21. The minimum Gasteiger partial charge on any atom is -0.384 e. The first-order valence-electron chi connectivity index (χ1n) is 3.99. The van der Waals surface area contributed by atoms with Crippen LogP contribution < -0.4 is 5.73 Å². The van der Waals surface area contributed by atoms with Crippen LogP contribution in [0.5, 0.6) is 0 Å². The van der Waals surface area contributed by atoms with Crippen molar-refractivity contribution in [3.63, 3.8) is 0 Å². The highest BCUT2D eigenvalue weighted by Gasteiger charge is 2.00. The molecule has 2 aromatic rings. The molecule has 0 saturated heterocycles. The SMILES string of the molecule is Cc1cc(Cl)cc2ccc(N)nc12. The topological polar surface area (TPSA) is 38.9 Å². The van der Waals surface area contributed by atoms with Crippen molar-refractivity contribution in [2.24, 2.45) is 0 Å². The summed E-state index contributed by atoms with van der Waals surface area (Å²) in [6, 6.07) is 7.47. The number of pyridine rings is 1. The predicted octanol–water partition coefficient (Wildman–Crippen LogP) is 2.78. The number of aryl methyl sites for hydroxylation is 1. The molecule has 66 valence electrons. The van der Waals surface area contributed by atoms with Crippen molar-refractivity contribution in [3.05, 3.63) is 34.9 Å². The standard InChI is InChI=1S/C10H9ClN2/c1-6-4-8(11)5-7-2-3-9(12)13-10(6)7/h2-5H,1H3,(H2,12,13). The molecule has 1 heterocycles. The summed E-state index contributed by atoms with van der Waals surface area (Å²) in [7, 11) is 0. The van der Waals surface area contributed by atoms with E-state index in [2.05, 4.69) is 4.98 Å². The van der Waals surface area contributed by atoms with Crippen molar-refractivity contribution in [3.8, 4) is 0 Å². The molecule has 1 aromatic heterocycles. The summed E-state index contributed by atoms with van der Waals surface area (Å²) in [4.78, 5) is 4.24. The number of halogens is 1. The van der Waals surface area contributed by atoms with Gasteiger partial charge in [0.05, 0.1) is 5.52 Å². The maximum atomic E-state index is 5.90. The van der Waals surface area contributed by atoms with Crippen molar-refractivity contribution >= 4 is 28.3 Å². The van der Waals surface area contributed by atoms with Gasteiger partial charge in [-0.1, -0.05) is 11.6 Å². The van der Waals surface area contributed by atoms with Gasteiger partial charge in [-0.05, 0) is 36.8 Å². The van der Waals surface area contributed by atoms with Crippen LogP contribution in [0.15, 0.2) is 24.3 Å². The lowest BCUT2D eigenvalue weighted by Crippen LogP contribution is -1.91. The fraction of sp³-hybridized carbons (Fsp3) is 0.100. The van der Waals surface area contributed by atoms with E-state index in [0.29, 0.717) is 5.82 Å². The fourth-order valence-corrected chi connectivity index (χ4v) is 1.66. The molecule has 13 heavy (non-hydrogen) atoms. The van der Waals surface area contributed by atoms with Crippen molar-refractivity contribution in [1.29, 1.82) is 0 Å². The Labute approximate surface area is 81.3 Å². The molecule has 0 radical (unpaired) electrons. The van der Waals surface area contributed by atoms with Gasteiger partial charge in [0, 0.05) is 10.4 Å². The molecule has 2 nitrogen and oxygen atoms in total. The summed E-state index contributed by atoms with van der Waals surface area (Å²) in [6.07, 6.45) is 0. The Morgan fingerprint density at radius 3 is 2.85 bits per heavy atom. The van der Waals surface area contributed by atoms with E-state index < -0.39 is 0 Å². The second-order valence-corrected chi connectivity index (χ2v) is 3.47. The van der Waals surface area contributed by atoms with Crippen molar-refractivity contribution < 1.29 is 0 Å². The van der Waals surface area contributed by atoms with Gasteiger partial charge >= 0.3 is 0 Å². The largest absolute Gasteiger partial charge is 0.384 e. The third-order valence-corrected chi connectivity index (χ3v) is 2.19. The van der Waals surface area contributed by atoms with E-state index in [1.807, 2.05) is 25.1 Å². The molecule has 2 N–H and O–H groups in total. The Balaban J connectivity index is 2.87.